The second-order valence-corrected chi connectivity index (χ2v) is 6.90. The maximum atomic E-state index is 13.3. The molecule has 3 rings (SSSR count). The van der Waals surface area contributed by atoms with Crippen LogP contribution in [-0.2, 0) is 11.2 Å². The van der Waals surface area contributed by atoms with Crippen LogP contribution in [-0.4, -0.2) is 22.9 Å². The molecular weight excluding hydrogens is 354 g/mol. The number of fused-ring (bicyclic) bond motifs is 1. The van der Waals surface area contributed by atoms with E-state index in [2.05, 4.69) is 13.8 Å². The predicted molar refractivity (Wildman–Crippen MR) is 109 cm³/mol. The zero-order valence-corrected chi connectivity index (χ0v) is 16.2. The molecule has 144 valence electrons. The highest BCUT2D eigenvalue weighted by molar-refractivity contribution is 6.35. The third-order valence-corrected chi connectivity index (χ3v) is 5.25. The van der Waals surface area contributed by atoms with Gasteiger partial charge in [0.25, 0.3) is 11.8 Å². The number of imide groups is 1. The van der Waals surface area contributed by atoms with Crippen LogP contribution in [0.5, 0.6) is 0 Å². The summed E-state index contributed by atoms with van der Waals surface area (Å²) in [7, 11) is 0. The van der Waals surface area contributed by atoms with E-state index in [0.29, 0.717) is 23.2 Å². The van der Waals surface area contributed by atoms with Crippen molar-refractivity contribution >= 4 is 29.5 Å². The molecule has 5 nitrogen and oxygen atoms in total. The normalized spacial score (nSPS) is 14.6. The Bertz CT molecular complexity index is 990. The average molecular weight is 377 g/mol. The number of anilines is 1. The van der Waals surface area contributed by atoms with Gasteiger partial charge in [0.1, 0.15) is 0 Å². The van der Waals surface area contributed by atoms with Gasteiger partial charge in [0.05, 0.1) is 16.8 Å². The van der Waals surface area contributed by atoms with Gasteiger partial charge in [-0.15, -0.1) is 0 Å². The van der Waals surface area contributed by atoms with Gasteiger partial charge in [-0.25, -0.2) is 9.69 Å². The van der Waals surface area contributed by atoms with E-state index in [9.17, 15) is 14.4 Å². The lowest BCUT2D eigenvalue weighted by Crippen LogP contribution is -2.31. The summed E-state index contributed by atoms with van der Waals surface area (Å²) < 4.78 is 0. The summed E-state index contributed by atoms with van der Waals surface area (Å²) in [5.41, 5.74) is 3.57. The van der Waals surface area contributed by atoms with E-state index in [1.54, 1.807) is 18.2 Å². The van der Waals surface area contributed by atoms with E-state index >= 15 is 0 Å². The van der Waals surface area contributed by atoms with E-state index in [-0.39, 0.29) is 17.4 Å². The maximum absolute atomic E-state index is 13.3. The van der Waals surface area contributed by atoms with Crippen LogP contribution in [0.1, 0.15) is 70.5 Å². The molecule has 0 spiro atoms. The summed E-state index contributed by atoms with van der Waals surface area (Å²) in [6.07, 6.45) is 3.91. The van der Waals surface area contributed by atoms with Crippen LogP contribution in [0.4, 0.5) is 5.69 Å². The Morgan fingerprint density at radius 2 is 1.82 bits per heavy atom. The van der Waals surface area contributed by atoms with Gasteiger partial charge in [-0.05, 0) is 47.6 Å². The van der Waals surface area contributed by atoms with Crippen LogP contribution in [0.3, 0.4) is 0 Å². The van der Waals surface area contributed by atoms with Crippen molar-refractivity contribution < 1.29 is 19.5 Å². The minimum Gasteiger partial charge on any atom is -0.478 e. The monoisotopic (exact) mass is 377 g/mol. The third kappa shape index (κ3) is 3.24. The number of benzene rings is 2. The number of aliphatic carboxylic acids is 1. The van der Waals surface area contributed by atoms with Gasteiger partial charge in [-0.3, -0.25) is 9.59 Å². The number of para-hydroxylation sites is 1. The van der Waals surface area contributed by atoms with Crippen molar-refractivity contribution in [2.75, 3.05) is 4.90 Å². The molecule has 2 amide bonds. The summed E-state index contributed by atoms with van der Waals surface area (Å²) in [5.74, 6) is -1.69. The largest absolute Gasteiger partial charge is 0.478 e. The highest BCUT2D eigenvalue weighted by Crippen LogP contribution is 2.38. The number of aryl methyl sites for hydroxylation is 1. The van der Waals surface area contributed by atoms with Crippen LogP contribution in [0.25, 0.3) is 6.08 Å². The standard InChI is InChI=1S/C23H23NO4/c1-4-14(3)17-10-6-8-15(5-2)21(17)24-22(27)18-11-7-9-16(12-13-19(25)26)20(18)23(24)28/h6-14H,4-5H2,1-3H3,(H,25,26). The Morgan fingerprint density at radius 1 is 1.11 bits per heavy atom. The molecule has 1 atom stereocenters. The number of rotatable bonds is 6. The zero-order valence-electron chi connectivity index (χ0n) is 16.2. The van der Waals surface area contributed by atoms with Crippen molar-refractivity contribution in [2.24, 2.45) is 0 Å². The molecule has 0 fully saturated rings. The first-order chi connectivity index (χ1) is 13.4. The highest BCUT2D eigenvalue weighted by atomic mass is 16.4. The number of carboxylic acids is 1. The Kier molecular flexibility index (Phi) is 5.45. The molecule has 0 saturated carbocycles. The van der Waals surface area contributed by atoms with E-state index in [1.165, 1.54) is 11.0 Å². The summed E-state index contributed by atoms with van der Waals surface area (Å²) in [5, 5.41) is 8.92. The Morgan fingerprint density at radius 3 is 2.46 bits per heavy atom. The molecule has 2 aromatic rings. The van der Waals surface area contributed by atoms with E-state index in [4.69, 9.17) is 5.11 Å². The number of nitrogens with zero attached hydrogens (tertiary/aromatic N) is 1. The quantitative estimate of drug-likeness (QED) is 0.587. The first kappa shape index (κ1) is 19.5. The summed E-state index contributed by atoms with van der Waals surface area (Å²) in [4.78, 5) is 38.7. The summed E-state index contributed by atoms with van der Waals surface area (Å²) in [6, 6.07) is 10.8. The molecule has 0 bridgehead atoms. The fraction of sp³-hybridized carbons (Fsp3) is 0.261. The maximum Gasteiger partial charge on any atom is 0.328 e. The van der Waals surface area contributed by atoms with Gasteiger partial charge < -0.3 is 5.11 Å². The SMILES string of the molecule is CCc1cccc(C(C)CC)c1N1C(=O)c2cccc(C=CC(=O)O)c2C1=O. The van der Waals surface area contributed by atoms with Gasteiger partial charge in [-0.2, -0.15) is 0 Å². The van der Waals surface area contributed by atoms with Crippen LogP contribution >= 0.6 is 0 Å². The highest BCUT2D eigenvalue weighted by Gasteiger charge is 2.40. The Balaban J connectivity index is 2.19. The topological polar surface area (TPSA) is 74.7 Å². The van der Waals surface area contributed by atoms with Crippen LogP contribution in [0, 0.1) is 0 Å². The van der Waals surface area contributed by atoms with Gasteiger partial charge in [-0.1, -0.05) is 51.1 Å². The van der Waals surface area contributed by atoms with Gasteiger partial charge >= 0.3 is 5.97 Å². The van der Waals surface area contributed by atoms with Crippen LogP contribution in [0.15, 0.2) is 42.5 Å². The molecule has 0 aromatic heterocycles. The zero-order chi connectivity index (χ0) is 20.4. The van der Waals surface area contributed by atoms with E-state index < -0.39 is 11.9 Å². The first-order valence-corrected chi connectivity index (χ1v) is 9.45. The number of hydrogen-bond donors (Lipinski definition) is 1. The van der Waals surface area contributed by atoms with Crippen molar-refractivity contribution in [3.8, 4) is 0 Å². The molecule has 1 aliphatic rings. The molecule has 1 aliphatic heterocycles. The molecule has 1 heterocycles. The van der Waals surface area contributed by atoms with Gasteiger partial charge in [0, 0.05) is 6.08 Å². The van der Waals surface area contributed by atoms with Crippen molar-refractivity contribution in [1.29, 1.82) is 0 Å². The third-order valence-electron chi connectivity index (χ3n) is 5.25. The molecule has 0 saturated heterocycles. The lowest BCUT2D eigenvalue weighted by Gasteiger charge is -2.24. The molecule has 2 aromatic carbocycles. The fourth-order valence-electron chi connectivity index (χ4n) is 3.60. The number of carboxylic acid groups (broad SMARTS) is 1. The van der Waals surface area contributed by atoms with Crippen molar-refractivity contribution in [3.05, 3.63) is 70.3 Å². The molecule has 1 unspecified atom stereocenters. The van der Waals surface area contributed by atoms with Crippen molar-refractivity contribution in [2.45, 2.75) is 39.5 Å². The predicted octanol–water partition coefficient (Wildman–Crippen LogP) is 4.66. The minimum absolute atomic E-state index is 0.192. The molecule has 1 N–H and O–H groups in total. The first-order valence-electron chi connectivity index (χ1n) is 9.45. The lowest BCUT2D eigenvalue weighted by molar-refractivity contribution is -0.131. The van der Waals surface area contributed by atoms with E-state index in [0.717, 1.165) is 23.6 Å². The summed E-state index contributed by atoms with van der Waals surface area (Å²) in [6.45, 7) is 6.15. The second-order valence-electron chi connectivity index (χ2n) is 6.90. The molecular formula is C23H23NO4. The number of amides is 2. The fourth-order valence-corrected chi connectivity index (χ4v) is 3.60. The smallest absolute Gasteiger partial charge is 0.328 e. The molecule has 0 aliphatic carbocycles. The van der Waals surface area contributed by atoms with Crippen molar-refractivity contribution in [3.63, 3.8) is 0 Å². The second kappa shape index (κ2) is 7.80. The number of carbonyl (C=O) groups is 3. The minimum atomic E-state index is -1.11. The average Bonchev–Trinajstić information content (AvgIpc) is 2.95. The van der Waals surface area contributed by atoms with E-state index in [1.807, 2.05) is 25.1 Å². The van der Waals surface area contributed by atoms with Gasteiger partial charge in [0.2, 0.25) is 0 Å². The van der Waals surface area contributed by atoms with Crippen LogP contribution < -0.4 is 4.90 Å². The van der Waals surface area contributed by atoms with Gasteiger partial charge in [0.15, 0.2) is 0 Å². The molecule has 0 radical (unpaired) electrons. The molecule has 28 heavy (non-hydrogen) atoms. The number of carbonyl (C=O) groups excluding carboxylic acids is 2. The Hall–Kier alpha value is -3.21. The van der Waals surface area contributed by atoms with Crippen LogP contribution in [0.2, 0.25) is 0 Å². The molecule has 5 heteroatoms. The summed E-state index contributed by atoms with van der Waals surface area (Å²) >= 11 is 0. The lowest BCUT2D eigenvalue weighted by atomic mass is 9.92. The van der Waals surface area contributed by atoms with Crippen molar-refractivity contribution in [1.82, 2.24) is 0 Å². The number of hydrogen-bond acceptors (Lipinski definition) is 3. The Labute approximate surface area is 164 Å².